The Hall–Kier alpha value is -1.64. The van der Waals surface area contributed by atoms with Gasteiger partial charge < -0.3 is 5.11 Å². The van der Waals surface area contributed by atoms with Crippen molar-refractivity contribution in [1.29, 1.82) is 0 Å². The zero-order chi connectivity index (χ0) is 10.6. The van der Waals surface area contributed by atoms with E-state index >= 15 is 0 Å². The largest absolute Gasteiger partial charge is 0.478 e. The number of carbonyl (C=O) groups excluding carboxylic acids is 1. The summed E-state index contributed by atoms with van der Waals surface area (Å²) in [5, 5.41) is 8.83. The van der Waals surface area contributed by atoms with Gasteiger partial charge in [-0.1, -0.05) is 25.1 Å². The van der Waals surface area contributed by atoms with Crippen LogP contribution in [0.2, 0.25) is 0 Å². The second-order valence-electron chi connectivity index (χ2n) is 3.02. The van der Waals surface area contributed by atoms with Gasteiger partial charge in [0, 0.05) is 12.0 Å². The maximum Gasteiger partial charge on any atom is 0.336 e. The van der Waals surface area contributed by atoms with Crippen molar-refractivity contribution in [2.75, 3.05) is 0 Å². The Morgan fingerprint density at radius 2 is 1.79 bits per heavy atom. The standard InChI is InChI=1S/C11H12O3/c1-2-5-10(12)8-6-3-4-7-9(8)11(13)14/h3-4,6-7H,2,5H2,1H3,(H,13,14). The van der Waals surface area contributed by atoms with Crippen LogP contribution in [0, 0.1) is 0 Å². The number of aromatic carboxylic acids is 1. The number of ketones is 1. The van der Waals surface area contributed by atoms with E-state index in [2.05, 4.69) is 0 Å². The van der Waals surface area contributed by atoms with E-state index in [0.717, 1.165) is 6.42 Å². The summed E-state index contributed by atoms with van der Waals surface area (Å²) in [6, 6.07) is 6.30. The molecule has 0 saturated heterocycles. The molecule has 3 heteroatoms. The van der Waals surface area contributed by atoms with Crippen molar-refractivity contribution in [3.05, 3.63) is 35.4 Å². The minimum Gasteiger partial charge on any atom is -0.478 e. The normalized spacial score (nSPS) is 9.79. The van der Waals surface area contributed by atoms with Gasteiger partial charge in [0.15, 0.2) is 5.78 Å². The lowest BCUT2D eigenvalue weighted by Crippen LogP contribution is -2.07. The van der Waals surface area contributed by atoms with Crippen molar-refractivity contribution in [1.82, 2.24) is 0 Å². The summed E-state index contributed by atoms with van der Waals surface area (Å²) >= 11 is 0. The molecule has 74 valence electrons. The lowest BCUT2D eigenvalue weighted by Gasteiger charge is -2.03. The number of carboxylic acid groups (broad SMARTS) is 1. The average Bonchev–Trinajstić information content (AvgIpc) is 2.18. The van der Waals surface area contributed by atoms with E-state index in [4.69, 9.17) is 5.11 Å². The highest BCUT2D eigenvalue weighted by molar-refractivity contribution is 6.05. The van der Waals surface area contributed by atoms with Gasteiger partial charge in [-0.2, -0.15) is 0 Å². The van der Waals surface area contributed by atoms with Crippen LogP contribution in [-0.2, 0) is 0 Å². The third-order valence-electron chi connectivity index (χ3n) is 1.93. The number of hydrogen-bond acceptors (Lipinski definition) is 2. The van der Waals surface area contributed by atoms with Crippen molar-refractivity contribution < 1.29 is 14.7 Å². The van der Waals surface area contributed by atoms with Crippen molar-refractivity contribution >= 4 is 11.8 Å². The second kappa shape index (κ2) is 4.56. The molecule has 14 heavy (non-hydrogen) atoms. The molecule has 0 saturated carbocycles. The lowest BCUT2D eigenvalue weighted by atomic mass is 10.0. The van der Waals surface area contributed by atoms with Crippen molar-refractivity contribution in [3.63, 3.8) is 0 Å². The molecule has 0 aliphatic carbocycles. The number of carboxylic acids is 1. The summed E-state index contributed by atoms with van der Waals surface area (Å²) in [6.07, 6.45) is 1.12. The van der Waals surface area contributed by atoms with E-state index in [9.17, 15) is 9.59 Å². The Kier molecular flexibility index (Phi) is 3.40. The number of Topliss-reactive ketones (excluding diaryl/α,β-unsaturated/α-hetero) is 1. The Morgan fingerprint density at radius 1 is 1.21 bits per heavy atom. The van der Waals surface area contributed by atoms with E-state index in [-0.39, 0.29) is 11.3 Å². The smallest absolute Gasteiger partial charge is 0.336 e. The van der Waals surface area contributed by atoms with Crippen LogP contribution in [0.5, 0.6) is 0 Å². The quantitative estimate of drug-likeness (QED) is 0.745. The predicted octanol–water partition coefficient (Wildman–Crippen LogP) is 2.37. The molecule has 3 nitrogen and oxygen atoms in total. The number of rotatable bonds is 4. The molecule has 0 aromatic heterocycles. The van der Waals surface area contributed by atoms with Crippen molar-refractivity contribution in [2.45, 2.75) is 19.8 Å². The van der Waals surface area contributed by atoms with Crippen molar-refractivity contribution in [2.24, 2.45) is 0 Å². The van der Waals surface area contributed by atoms with Crippen LogP contribution < -0.4 is 0 Å². The van der Waals surface area contributed by atoms with Gasteiger partial charge in [0.25, 0.3) is 0 Å². The lowest BCUT2D eigenvalue weighted by molar-refractivity contribution is 0.0691. The zero-order valence-electron chi connectivity index (χ0n) is 7.99. The maximum atomic E-state index is 11.5. The summed E-state index contributed by atoms with van der Waals surface area (Å²) in [7, 11) is 0. The molecule has 0 aliphatic heterocycles. The topological polar surface area (TPSA) is 54.4 Å². The summed E-state index contributed by atoms with van der Waals surface area (Å²) in [5.74, 6) is -1.16. The first-order valence-electron chi connectivity index (χ1n) is 4.52. The van der Waals surface area contributed by atoms with Gasteiger partial charge in [-0.3, -0.25) is 4.79 Å². The first-order chi connectivity index (χ1) is 6.66. The first-order valence-corrected chi connectivity index (χ1v) is 4.52. The molecule has 1 aromatic carbocycles. The third-order valence-corrected chi connectivity index (χ3v) is 1.93. The molecule has 0 atom stereocenters. The monoisotopic (exact) mass is 192 g/mol. The highest BCUT2D eigenvalue weighted by Gasteiger charge is 2.14. The minimum atomic E-state index is -1.05. The predicted molar refractivity (Wildman–Crippen MR) is 52.6 cm³/mol. The van der Waals surface area contributed by atoms with Gasteiger partial charge in [-0.15, -0.1) is 0 Å². The van der Waals surface area contributed by atoms with Crippen LogP contribution in [0.15, 0.2) is 24.3 Å². The highest BCUT2D eigenvalue weighted by atomic mass is 16.4. The fraction of sp³-hybridized carbons (Fsp3) is 0.273. The number of hydrogen-bond donors (Lipinski definition) is 1. The van der Waals surface area contributed by atoms with E-state index in [1.165, 1.54) is 6.07 Å². The van der Waals surface area contributed by atoms with Gasteiger partial charge in [0.2, 0.25) is 0 Å². The van der Waals surface area contributed by atoms with Gasteiger partial charge in [-0.05, 0) is 12.5 Å². The zero-order valence-corrected chi connectivity index (χ0v) is 7.99. The van der Waals surface area contributed by atoms with Gasteiger partial charge in [0.1, 0.15) is 0 Å². The van der Waals surface area contributed by atoms with Crippen LogP contribution in [0.3, 0.4) is 0 Å². The van der Waals surface area contributed by atoms with Crippen LogP contribution in [0.1, 0.15) is 40.5 Å². The molecule has 0 fully saturated rings. The molecule has 0 aliphatic rings. The van der Waals surface area contributed by atoms with E-state index in [1.54, 1.807) is 18.2 Å². The van der Waals surface area contributed by atoms with Crippen LogP contribution >= 0.6 is 0 Å². The Labute approximate surface area is 82.4 Å². The molecule has 0 heterocycles. The molecule has 0 bridgehead atoms. The fourth-order valence-electron chi connectivity index (χ4n) is 1.27. The van der Waals surface area contributed by atoms with Crippen LogP contribution in [-0.4, -0.2) is 16.9 Å². The Bertz CT molecular complexity index is 355. The highest BCUT2D eigenvalue weighted by Crippen LogP contribution is 2.12. The average molecular weight is 192 g/mol. The number of benzene rings is 1. The molecular weight excluding hydrogens is 180 g/mol. The molecule has 0 spiro atoms. The van der Waals surface area contributed by atoms with Crippen LogP contribution in [0.25, 0.3) is 0 Å². The van der Waals surface area contributed by atoms with Crippen molar-refractivity contribution in [3.8, 4) is 0 Å². The Morgan fingerprint density at radius 3 is 2.29 bits per heavy atom. The molecule has 1 rings (SSSR count). The summed E-state index contributed by atoms with van der Waals surface area (Å²) < 4.78 is 0. The molecule has 1 N–H and O–H groups in total. The second-order valence-corrected chi connectivity index (χ2v) is 3.02. The molecule has 0 amide bonds. The first kappa shape index (κ1) is 10.4. The number of carbonyl (C=O) groups is 2. The summed E-state index contributed by atoms with van der Waals surface area (Å²) in [4.78, 5) is 22.3. The molecule has 0 radical (unpaired) electrons. The molecular formula is C11H12O3. The summed E-state index contributed by atoms with van der Waals surface area (Å²) in [5.41, 5.74) is 0.396. The third kappa shape index (κ3) is 2.19. The van der Waals surface area contributed by atoms with E-state index < -0.39 is 5.97 Å². The van der Waals surface area contributed by atoms with E-state index in [1.807, 2.05) is 6.92 Å². The van der Waals surface area contributed by atoms with E-state index in [0.29, 0.717) is 12.0 Å². The fourth-order valence-corrected chi connectivity index (χ4v) is 1.27. The minimum absolute atomic E-state index is 0.0888. The van der Waals surface area contributed by atoms with Crippen LogP contribution in [0.4, 0.5) is 0 Å². The Balaban J connectivity index is 3.07. The molecule has 0 unspecified atom stereocenters. The molecule has 1 aromatic rings. The van der Waals surface area contributed by atoms with Gasteiger partial charge in [-0.25, -0.2) is 4.79 Å². The van der Waals surface area contributed by atoms with Gasteiger partial charge >= 0.3 is 5.97 Å². The maximum absolute atomic E-state index is 11.5. The SMILES string of the molecule is CCCC(=O)c1ccccc1C(=O)O. The summed E-state index contributed by atoms with van der Waals surface area (Å²) in [6.45, 7) is 1.89. The van der Waals surface area contributed by atoms with Gasteiger partial charge in [0.05, 0.1) is 5.56 Å².